The zero-order chi connectivity index (χ0) is 16.2. The van der Waals surface area contributed by atoms with E-state index in [9.17, 15) is 4.79 Å². The van der Waals surface area contributed by atoms with Crippen molar-refractivity contribution in [3.05, 3.63) is 45.7 Å². The second kappa shape index (κ2) is 7.16. The van der Waals surface area contributed by atoms with Crippen molar-refractivity contribution in [2.75, 3.05) is 26.7 Å². The molecule has 6 nitrogen and oxygen atoms in total. The molecule has 0 radical (unpaired) electrons. The number of aryl methyl sites for hydroxylation is 1. The van der Waals surface area contributed by atoms with Gasteiger partial charge in [-0.15, -0.1) is 11.3 Å². The Kier molecular flexibility index (Phi) is 5.00. The first-order valence-corrected chi connectivity index (χ1v) is 8.46. The third-order valence-electron chi connectivity index (χ3n) is 3.97. The van der Waals surface area contributed by atoms with Crippen LogP contribution < -0.4 is 5.32 Å². The van der Waals surface area contributed by atoms with Gasteiger partial charge in [0.15, 0.2) is 0 Å². The predicted molar refractivity (Wildman–Crippen MR) is 88.4 cm³/mol. The molecule has 0 aromatic carbocycles. The van der Waals surface area contributed by atoms with Gasteiger partial charge in [0.25, 0.3) is 5.91 Å². The van der Waals surface area contributed by atoms with Crippen LogP contribution in [0.1, 0.15) is 32.7 Å². The number of hydrogen-bond acceptors (Lipinski definition) is 6. The summed E-state index contributed by atoms with van der Waals surface area (Å²) in [5.74, 6) is -0.129. The molecule has 1 aliphatic rings. The number of hydrogen-bond donors (Lipinski definition) is 1. The van der Waals surface area contributed by atoms with Gasteiger partial charge in [-0.3, -0.25) is 14.7 Å². The van der Waals surface area contributed by atoms with Crippen LogP contribution >= 0.6 is 11.3 Å². The lowest BCUT2D eigenvalue weighted by Crippen LogP contribution is -2.38. The van der Waals surface area contributed by atoms with Gasteiger partial charge in [0.2, 0.25) is 0 Å². The van der Waals surface area contributed by atoms with Crippen molar-refractivity contribution in [2.24, 2.45) is 0 Å². The average molecular weight is 332 g/mol. The van der Waals surface area contributed by atoms with E-state index in [-0.39, 0.29) is 12.0 Å². The molecule has 0 aliphatic carbocycles. The van der Waals surface area contributed by atoms with E-state index in [0.717, 1.165) is 31.0 Å². The highest BCUT2D eigenvalue weighted by molar-refractivity contribution is 7.09. The summed E-state index contributed by atoms with van der Waals surface area (Å²) in [6.45, 7) is 5.32. The van der Waals surface area contributed by atoms with Gasteiger partial charge in [-0.2, -0.15) is 0 Å². The number of morpholine rings is 1. The van der Waals surface area contributed by atoms with E-state index in [1.807, 2.05) is 18.5 Å². The second-order valence-corrected chi connectivity index (χ2v) is 6.45. The van der Waals surface area contributed by atoms with Crippen LogP contribution in [-0.4, -0.2) is 47.5 Å². The summed E-state index contributed by atoms with van der Waals surface area (Å²) in [7, 11) is 1.61. The van der Waals surface area contributed by atoms with Crippen molar-refractivity contribution in [2.45, 2.75) is 19.6 Å². The van der Waals surface area contributed by atoms with Gasteiger partial charge in [0, 0.05) is 37.8 Å². The van der Waals surface area contributed by atoms with E-state index in [2.05, 4.69) is 20.2 Å². The number of pyridine rings is 1. The second-order valence-electron chi connectivity index (χ2n) is 5.51. The summed E-state index contributed by atoms with van der Waals surface area (Å²) in [6, 6.07) is 3.66. The molecular formula is C16H20N4O2S. The summed E-state index contributed by atoms with van der Waals surface area (Å²) >= 11 is 1.69. The Morgan fingerprint density at radius 2 is 2.35 bits per heavy atom. The number of rotatable bonds is 4. The van der Waals surface area contributed by atoms with E-state index in [4.69, 9.17) is 4.74 Å². The molecule has 3 heterocycles. The van der Waals surface area contributed by atoms with Crippen LogP contribution in [0.4, 0.5) is 0 Å². The lowest BCUT2D eigenvalue weighted by Gasteiger charge is -2.32. The normalized spacial score (nSPS) is 18.8. The molecule has 3 rings (SSSR count). The first-order chi connectivity index (χ1) is 11.2. The topological polar surface area (TPSA) is 67.4 Å². The fourth-order valence-corrected chi connectivity index (χ4v) is 3.40. The van der Waals surface area contributed by atoms with E-state index >= 15 is 0 Å². The van der Waals surface area contributed by atoms with Crippen LogP contribution in [0.15, 0.2) is 23.8 Å². The zero-order valence-electron chi connectivity index (χ0n) is 13.3. The van der Waals surface area contributed by atoms with Gasteiger partial charge in [-0.25, -0.2) is 4.98 Å². The summed E-state index contributed by atoms with van der Waals surface area (Å²) < 4.78 is 5.85. The number of carbonyl (C=O) groups is 1. The maximum absolute atomic E-state index is 11.6. The predicted octanol–water partition coefficient (Wildman–Crippen LogP) is 1.78. The molecule has 2 aromatic heterocycles. The minimum atomic E-state index is -0.129. The van der Waals surface area contributed by atoms with Crippen molar-refractivity contribution in [3.63, 3.8) is 0 Å². The maximum Gasteiger partial charge on any atom is 0.252 e. The molecule has 0 saturated carbocycles. The number of nitrogens with one attached hydrogen (secondary N) is 1. The van der Waals surface area contributed by atoms with Crippen LogP contribution in [0, 0.1) is 6.92 Å². The van der Waals surface area contributed by atoms with Crippen molar-refractivity contribution in [3.8, 4) is 0 Å². The smallest absolute Gasteiger partial charge is 0.252 e. The molecule has 1 atom stereocenters. The lowest BCUT2D eigenvalue weighted by molar-refractivity contribution is -0.0347. The van der Waals surface area contributed by atoms with E-state index in [0.29, 0.717) is 12.2 Å². The molecule has 122 valence electrons. The molecule has 1 amide bonds. The molecule has 1 fully saturated rings. The number of amides is 1. The maximum atomic E-state index is 11.6. The Morgan fingerprint density at radius 3 is 3.00 bits per heavy atom. The Labute approximate surface area is 139 Å². The summed E-state index contributed by atoms with van der Waals surface area (Å²) in [5, 5.41) is 2.59. The van der Waals surface area contributed by atoms with Crippen molar-refractivity contribution in [1.82, 2.24) is 20.2 Å². The average Bonchev–Trinajstić information content (AvgIpc) is 2.99. The first-order valence-electron chi connectivity index (χ1n) is 7.58. The molecule has 23 heavy (non-hydrogen) atoms. The van der Waals surface area contributed by atoms with Crippen LogP contribution in [0.5, 0.6) is 0 Å². The van der Waals surface area contributed by atoms with Gasteiger partial charge >= 0.3 is 0 Å². The van der Waals surface area contributed by atoms with E-state index in [1.54, 1.807) is 30.6 Å². The van der Waals surface area contributed by atoms with Crippen LogP contribution in [0.3, 0.4) is 0 Å². The minimum absolute atomic E-state index is 0.0595. The fourth-order valence-electron chi connectivity index (χ4n) is 2.58. The lowest BCUT2D eigenvalue weighted by atomic mass is 10.1. The SMILES string of the molecule is CNC(=O)c1ccc([C@@H]2CN(Cc3scnc3C)CCO2)nc1. The van der Waals surface area contributed by atoms with Crippen molar-refractivity contribution >= 4 is 17.2 Å². The van der Waals surface area contributed by atoms with Gasteiger partial charge in [0.1, 0.15) is 6.10 Å². The summed E-state index contributed by atoms with van der Waals surface area (Å²) in [5.41, 5.74) is 4.42. The highest BCUT2D eigenvalue weighted by Gasteiger charge is 2.24. The molecule has 1 aliphatic heterocycles. The highest BCUT2D eigenvalue weighted by Crippen LogP contribution is 2.23. The van der Waals surface area contributed by atoms with Gasteiger partial charge in [0.05, 0.1) is 29.1 Å². The van der Waals surface area contributed by atoms with Gasteiger partial charge in [-0.1, -0.05) is 0 Å². The molecule has 1 saturated heterocycles. The monoisotopic (exact) mass is 332 g/mol. The largest absolute Gasteiger partial charge is 0.369 e. The molecule has 0 bridgehead atoms. The Bertz CT molecular complexity index is 671. The fraction of sp³-hybridized carbons (Fsp3) is 0.438. The summed E-state index contributed by atoms with van der Waals surface area (Å²) in [4.78, 5) is 23.9. The molecule has 0 unspecified atom stereocenters. The third-order valence-corrected chi connectivity index (χ3v) is 4.89. The van der Waals surface area contributed by atoms with Crippen molar-refractivity contribution < 1.29 is 9.53 Å². The first kappa shape index (κ1) is 16.0. The zero-order valence-corrected chi connectivity index (χ0v) is 14.1. The molecule has 2 aromatic rings. The number of aromatic nitrogens is 2. The number of ether oxygens (including phenoxy) is 1. The van der Waals surface area contributed by atoms with E-state index < -0.39 is 0 Å². The minimum Gasteiger partial charge on any atom is -0.369 e. The summed E-state index contributed by atoms with van der Waals surface area (Å²) in [6.07, 6.45) is 1.54. The molecule has 7 heteroatoms. The van der Waals surface area contributed by atoms with Crippen LogP contribution in [0.2, 0.25) is 0 Å². The Hall–Kier alpha value is -1.83. The Morgan fingerprint density at radius 1 is 1.48 bits per heavy atom. The quantitative estimate of drug-likeness (QED) is 0.924. The van der Waals surface area contributed by atoms with Gasteiger partial charge < -0.3 is 10.1 Å². The Balaban J connectivity index is 1.66. The van der Waals surface area contributed by atoms with Crippen molar-refractivity contribution in [1.29, 1.82) is 0 Å². The standard InChI is InChI=1S/C16H20N4O2S/c1-11-15(23-10-19-11)9-20-5-6-22-14(8-20)13-4-3-12(7-18-13)16(21)17-2/h3-4,7,10,14H,5-6,8-9H2,1-2H3,(H,17,21)/t14-/m0/s1. The highest BCUT2D eigenvalue weighted by atomic mass is 32.1. The van der Waals surface area contributed by atoms with Crippen LogP contribution in [-0.2, 0) is 11.3 Å². The number of thiazole rings is 1. The van der Waals surface area contributed by atoms with Gasteiger partial charge in [-0.05, 0) is 19.1 Å². The molecular weight excluding hydrogens is 312 g/mol. The number of nitrogens with zero attached hydrogens (tertiary/aromatic N) is 3. The number of carbonyl (C=O) groups excluding carboxylic acids is 1. The van der Waals surface area contributed by atoms with E-state index in [1.165, 1.54) is 4.88 Å². The molecule has 0 spiro atoms. The molecule has 1 N–H and O–H groups in total. The third kappa shape index (κ3) is 3.74. The van der Waals surface area contributed by atoms with Crippen LogP contribution in [0.25, 0.3) is 0 Å².